The fourth-order valence-corrected chi connectivity index (χ4v) is 3.98. The maximum atomic E-state index is 4.17. The van der Waals surface area contributed by atoms with Crippen molar-refractivity contribution in [3.8, 4) is 0 Å². The summed E-state index contributed by atoms with van der Waals surface area (Å²) in [6.07, 6.45) is 6.69. The molecule has 1 heterocycles. The molecule has 1 aliphatic rings. The molecular formula is C12H23N5S. The summed E-state index contributed by atoms with van der Waals surface area (Å²) in [5.74, 6) is 0.832. The third-order valence-corrected chi connectivity index (χ3v) is 5.12. The van der Waals surface area contributed by atoms with E-state index in [4.69, 9.17) is 0 Å². The van der Waals surface area contributed by atoms with Crippen molar-refractivity contribution >= 4 is 11.8 Å². The molecule has 5 nitrogen and oxygen atoms in total. The van der Waals surface area contributed by atoms with Crippen molar-refractivity contribution in [2.75, 3.05) is 13.6 Å². The van der Waals surface area contributed by atoms with Crippen molar-refractivity contribution in [3.63, 3.8) is 0 Å². The lowest BCUT2D eigenvalue weighted by Gasteiger charge is -2.29. The summed E-state index contributed by atoms with van der Waals surface area (Å²) in [5.41, 5.74) is 0. The molecule has 0 saturated heterocycles. The van der Waals surface area contributed by atoms with E-state index in [1.54, 1.807) is 0 Å². The van der Waals surface area contributed by atoms with Crippen LogP contribution in [0.3, 0.4) is 0 Å². The van der Waals surface area contributed by atoms with Gasteiger partial charge in [0.25, 0.3) is 0 Å². The van der Waals surface area contributed by atoms with Crippen molar-refractivity contribution in [3.05, 3.63) is 0 Å². The van der Waals surface area contributed by atoms with Crippen LogP contribution < -0.4 is 5.32 Å². The minimum atomic E-state index is 0.697. The summed E-state index contributed by atoms with van der Waals surface area (Å²) in [6.45, 7) is 4.04. The van der Waals surface area contributed by atoms with Crippen LogP contribution in [0, 0.1) is 5.92 Å². The largest absolute Gasteiger partial charge is 0.318 e. The van der Waals surface area contributed by atoms with Crippen LogP contribution >= 0.6 is 11.8 Å². The van der Waals surface area contributed by atoms with Crippen molar-refractivity contribution in [2.24, 2.45) is 5.92 Å². The first-order chi connectivity index (χ1) is 8.85. The van der Waals surface area contributed by atoms with Crippen LogP contribution in [0.4, 0.5) is 0 Å². The minimum Gasteiger partial charge on any atom is -0.318 e. The Kier molecular flexibility index (Phi) is 5.44. The molecule has 6 heteroatoms. The van der Waals surface area contributed by atoms with E-state index in [1.165, 1.54) is 32.1 Å². The number of thioether (sulfide) groups is 1. The number of nitrogens with zero attached hydrogens (tertiary/aromatic N) is 4. The highest BCUT2D eigenvalue weighted by Crippen LogP contribution is 2.37. The van der Waals surface area contributed by atoms with Gasteiger partial charge in [0.05, 0.1) is 6.54 Å². The lowest BCUT2D eigenvalue weighted by atomic mass is 9.87. The van der Waals surface area contributed by atoms with E-state index in [1.807, 2.05) is 23.5 Å². The minimum absolute atomic E-state index is 0.697. The van der Waals surface area contributed by atoms with E-state index in [2.05, 4.69) is 27.8 Å². The highest BCUT2D eigenvalue weighted by Gasteiger charge is 2.26. The van der Waals surface area contributed by atoms with Gasteiger partial charge in [0, 0.05) is 11.8 Å². The third-order valence-electron chi connectivity index (χ3n) is 3.69. The Bertz CT molecular complexity index is 354. The second-order valence-corrected chi connectivity index (χ2v) is 6.10. The molecule has 0 aromatic carbocycles. The summed E-state index contributed by atoms with van der Waals surface area (Å²) in [6, 6.07) is 0. The zero-order valence-corrected chi connectivity index (χ0v) is 12.1. The molecule has 0 spiro atoms. The first-order valence-electron chi connectivity index (χ1n) is 6.92. The first kappa shape index (κ1) is 13.8. The average molecular weight is 269 g/mol. The molecule has 0 aliphatic heterocycles. The molecule has 102 valence electrons. The summed E-state index contributed by atoms with van der Waals surface area (Å²) in [7, 11) is 1.95. The molecule has 0 radical (unpaired) electrons. The summed E-state index contributed by atoms with van der Waals surface area (Å²) in [4.78, 5) is 0. The molecule has 1 N–H and O–H groups in total. The van der Waals surface area contributed by atoms with Gasteiger partial charge in [-0.05, 0) is 36.2 Å². The van der Waals surface area contributed by atoms with Crippen molar-refractivity contribution in [1.82, 2.24) is 25.5 Å². The number of aromatic nitrogens is 4. The standard InChI is InChI=1S/C12H23N5S/c1-3-10-6-4-5-7-11(10)18-12-14-15-16-17(12)9-8-13-2/h10-11,13H,3-9H2,1-2H3. The highest BCUT2D eigenvalue weighted by atomic mass is 32.2. The SMILES string of the molecule is CCC1CCCCC1Sc1nnnn1CCNC. The highest BCUT2D eigenvalue weighted by molar-refractivity contribution is 7.99. The maximum Gasteiger partial charge on any atom is 0.209 e. The van der Waals surface area contributed by atoms with Gasteiger partial charge >= 0.3 is 0 Å². The second kappa shape index (κ2) is 7.09. The number of hydrogen-bond acceptors (Lipinski definition) is 5. The van der Waals surface area contributed by atoms with E-state index in [-0.39, 0.29) is 0 Å². The van der Waals surface area contributed by atoms with Crippen LogP contribution in [0.25, 0.3) is 0 Å². The molecule has 1 fully saturated rings. The van der Waals surface area contributed by atoms with Gasteiger partial charge in [-0.1, -0.05) is 37.9 Å². The van der Waals surface area contributed by atoms with E-state index in [0.29, 0.717) is 5.25 Å². The van der Waals surface area contributed by atoms with Gasteiger partial charge in [-0.3, -0.25) is 0 Å². The van der Waals surface area contributed by atoms with E-state index in [9.17, 15) is 0 Å². The van der Waals surface area contributed by atoms with Crippen LogP contribution in [0.1, 0.15) is 39.0 Å². The Morgan fingerprint density at radius 2 is 2.22 bits per heavy atom. The predicted molar refractivity (Wildman–Crippen MR) is 73.6 cm³/mol. The van der Waals surface area contributed by atoms with Gasteiger partial charge in [0.1, 0.15) is 0 Å². The molecule has 0 amide bonds. The fourth-order valence-electron chi connectivity index (χ4n) is 2.57. The van der Waals surface area contributed by atoms with Gasteiger partial charge in [-0.15, -0.1) is 5.10 Å². The normalized spacial score (nSPS) is 24.3. The van der Waals surface area contributed by atoms with Crippen LogP contribution in [0.5, 0.6) is 0 Å². The van der Waals surface area contributed by atoms with Gasteiger partial charge in [-0.2, -0.15) is 0 Å². The van der Waals surface area contributed by atoms with Gasteiger partial charge in [0.2, 0.25) is 5.16 Å². The zero-order valence-electron chi connectivity index (χ0n) is 11.3. The van der Waals surface area contributed by atoms with Crippen molar-refractivity contribution in [1.29, 1.82) is 0 Å². The molecule has 1 aromatic heterocycles. The Labute approximate surface area is 113 Å². The number of rotatable bonds is 6. The number of tetrazole rings is 1. The number of nitrogens with one attached hydrogen (secondary N) is 1. The topological polar surface area (TPSA) is 55.6 Å². The molecule has 2 atom stereocenters. The quantitative estimate of drug-likeness (QED) is 0.855. The maximum absolute atomic E-state index is 4.17. The number of likely N-dealkylation sites (N-methyl/N-ethyl adjacent to an activating group) is 1. The Hall–Kier alpha value is -0.620. The molecule has 0 bridgehead atoms. The third kappa shape index (κ3) is 3.45. The van der Waals surface area contributed by atoms with Crippen molar-refractivity contribution < 1.29 is 0 Å². The fraction of sp³-hybridized carbons (Fsp3) is 0.917. The monoisotopic (exact) mass is 269 g/mol. The van der Waals surface area contributed by atoms with E-state index >= 15 is 0 Å². The lowest BCUT2D eigenvalue weighted by molar-refractivity contribution is 0.360. The Morgan fingerprint density at radius 3 is 3.00 bits per heavy atom. The molecule has 2 rings (SSSR count). The molecule has 1 aliphatic carbocycles. The lowest BCUT2D eigenvalue weighted by Crippen LogP contribution is -2.22. The van der Waals surface area contributed by atoms with Gasteiger partial charge in [0.15, 0.2) is 0 Å². The first-order valence-corrected chi connectivity index (χ1v) is 7.80. The zero-order chi connectivity index (χ0) is 12.8. The van der Waals surface area contributed by atoms with Crippen molar-refractivity contribution in [2.45, 2.75) is 56.0 Å². The molecule has 1 aromatic rings. The molecule has 1 saturated carbocycles. The summed E-state index contributed by atoms with van der Waals surface area (Å²) < 4.78 is 1.92. The second-order valence-electron chi connectivity index (χ2n) is 4.90. The summed E-state index contributed by atoms with van der Waals surface area (Å²) >= 11 is 1.88. The molecular weight excluding hydrogens is 246 g/mol. The van der Waals surface area contributed by atoms with Gasteiger partial charge in [-0.25, -0.2) is 4.68 Å². The predicted octanol–water partition coefficient (Wildman–Crippen LogP) is 1.95. The van der Waals surface area contributed by atoms with Crippen LogP contribution in [-0.4, -0.2) is 39.0 Å². The van der Waals surface area contributed by atoms with E-state index < -0.39 is 0 Å². The van der Waals surface area contributed by atoms with Gasteiger partial charge < -0.3 is 5.32 Å². The Morgan fingerprint density at radius 1 is 1.39 bits per heavy atom. The van der Waals surface area contributed by atoms with Crippen LogP contribution in [-0.2, 0) is 6.54 Å². The van der Waals surface area contributed by atoms with Crippen LogP contribution in [0.15, 0.2) is 5.16 Å². The molecule has 18 heavy (non-hydrogen) atoms. The smallest absolute Gasteiger partial charge is 0.209 e. The van der Waals surface area contributed by atoms with Crippen LogP contribution in [0.2, 0.25) is 0 Å². The Balaban J connectivity index is 1.96. The molecule has 2 unspecified atom stereocenters. The summed E-state index contributed by atoms with van der Waals surface area (Å²) in [5, 5.41) is 16.8. The average Bonchev–Trinajstić information content (AvgIpc) is 2.84. The van der Waals surface area contributed by atoms with E-state index in [0.717, 1.165) is 24.2 Å². The number of hydrogen-bond donors (Lipinski definition) is 1.